The van der Waals surface area contributed by atoms with Gasteiger partial charge in [-0.15, -0.1) is 0 Å². The van der Waals surface area contributed by atoms with Gasteiger partial charge in [0.1, 0.15) is 0 Å². The van der Waals surface area contributed by atoms with Crippen LogP contribution in [0.4, 0.5) is 4.79 Å². The number of amides is 3. The highest BCUT2D eigenvalue weighted by Gasteiger charge is 2.18. The Hall–Kier alpha value is -1.79. The van der Waals surface area contributed by atoms with Gasteiger partial charge < -0.3 is 20.6 Å². The van der Waals surface area contributed by atoms with Crippen LogP contribution in [-0.2, 0) is 9.59 Å². The van der Waals surface area contributed by atoms with E-state index in [0.717, 1.165) is 25.9 Å². The van der Waals surface area contributed by atoms with E-state index in [0.29, 0.717) is 6.42 Å². The Morgan fingerprint density at radius 3 is 2.42 bits per heavy atom. The van der Waals surface area contributed by atoms with Crippen molar-refractivity contribution in [3.05, 3.63) is 0 Å². The molecule has 0 aliphatic carbocycles. The van der Waals surface area contributed by atoms with Gasteiger partial charge >= 0.3 is 12.0 Å². The maximum absolute atomic E-state index is 11.6. The van der Waals surface area contributed by atoms with E-state index in [1.54, 1.807) is 11.8 Å². The Balaban J connectivity index is 2.10. The van der Waals surface area contributed by atoms with Gasteiger partial charge in [-0.2, -0.15) is 0 Å². The van der Waals surface area contributed by atoms with Crippen molar-refractivity contribution < 1.29 is 19.5 Å². The molecule has 0 radical (unpaired) electrons. The molecule has 1 heterocycles. The van der Waals surface area contributed by atoms with Crippen LogP contribution in [-0.4, -0.2) is 54.1 Å². The maximum atomic E-state index is 11.6. The van der Waals surface area contributed by atoms with E-state index in [1.807, 2.05) is 0 Å². The number of hydrogen-bond acceptors (Lipinski definition) is 3. The molecule has 0 saturated carbocycles. The number of carbonyl (C=O) groups is 3. The molecule has 1 aliphatic rings. The second-order valence-corrected chi connectivity index (χ2v) is 4.73. The lowest BCUT2D eigenvalue weighted by molar-refractivity contribution is -0.141. The van der Waals surface area contributed by atoms with E-state index in [2.05, 4.69) is 10.6 Å². The van der Waals surface area contributed by atoms with Gasteiger partial charge in [-0.3, -0.25) is 9.59 Å². The number of aliphatic carboxylic acids is 1. The molecule has 1 aliphatic heterocycles. The largest absolute Gasteiger partial charge is 0.481 e. The molecule has 1 fully saturated rings. The first-order valence-corrected chi connectivity index (χ1v) is 6.53. The monoisotopic (exact) mass is 271 g/mol. The van der Waals surface area contributed by atoms with Crippen molar-refractivity contribution in [1.82, 2.24) is 15.5 Å². The minimum Gasteiger partial charge on any atom is -0.481 e. The van der Waals surface area contributed by atoms with Gasteiger partial charge in [-0.05, 0) is 19.3 Å². The average molecular weight is 271 g/mol. The Kier molecular flexibility index (Phi) is 6.11. The van der Waals surface area contributed by atoms with Crippen LogP contribution in [0, 0.1) is 5.92 Å². The van der Waals surface area contributed by atoms with Crippen LogP contribution in [0.5, 0.6) is 0 Å². The number of hydrogen-bond donors (Lipinski definition) is 3. The summed E-state index contributed by atoms with van der Waals surface area (Å²) in [5.74, 6) is -1.45. The third kappa shape index (κ3) is 5.58. The Bertz CT molecular complexity index is 340. The Morgan fingerprint density at radius 1 is 1.21 bits per heavy atom. The highest BCUT2D eigenvalue weighted by atomic mass is 16.4. The predicted molar refractivity (Wildman–Crippen MR) is 68.6 cm³/mol. The molecule has 0 aromatic heterocycles. The lowest BCUT2D eigenvalue weighted by Gasteiger charge is -2.15. The number of carbonyl (C=O) groups excluding carboxylic acids is 2. The molecule has 3 N–H and O–H groups in total. The fourth-order valence-corrected chi connectivity index (χ4v) is 1.82. The van der Waals surface area contributed by atoms with Crippen molar-refractivity contribution in [2.75, 3.05) is 26.2 Å². The number of nitrogens with one attached hydrogen (secondary N) is 2. The van der Waals surface area contributed by atoms with Crippen LogP contribution >= 0.6 is 0 Å². The zero-order valence-corrected chi connectivity index (χ0v) is 11.1. The first-order valence-electron chi connectivity index (χ1n) is 6.53. The normalized spacial score (nSPS) is 15.9. The van der Waals surface area contributed by atoms with E-state index in [1.165, 1.54) is 0 Å². The van der Waals surface area contributed by atoms with Crippen molar-refractivity contribution in [2.45, 2.75) is 26.2 Å². The molecular weight excluding hydrogens is 250 g/mol. The van der Waals surface area contributed by atoms with E-state index in [4.69, 9.17) is 5.11 Å². The molecule has 108 valence electrons. The molecule has 0 spiro atoms. The van der Waals surface area contributed by atoms with E-state index < -0.39 is 17.9 Å². The van der Waals surface area contributed by atoms with Crippen molar-refractivity contribution in [3.63, 3.8) is 0 Å². The molecule has 0 bridgehead atoms. The standard InChI is InChI=1S/C12H21N3O4/c1-9(11(17)18)4-5-13-12(19)14-8-10(16)15-6-2-3-7-15/h9H,2-8H2,1H3,(H,17,18)(H2,13,14,19). The number of nitrogens with zero attached hydrogens (tertiary/aromatic N) is 1. The van der Waals surface area contributed by atoms with Gasteiger partial charge in [-0.1, -0.05) is 6.92 Å². The lowest BCUT2D eigenvalue weighted by atomic mass is 10.1. The quantitative estimate of drug-likeness (QED) is 0.634. The zero-order chi connectivity index (χ0) is 14.3. The summed E-state index contributed by atoms with van der Waals surface area (Å²) in [6.07, 6.45) is 2.40. The minimum absolute atomic E-state index is 0.0136. The van der Waals surface area contributed by atoms with Crippen LogP contribution < -0.4 is 10.6 Å². The summed E-state index contributed by atoms with van der Waals surface area (Å²) in [4.78, 5) is 35.3. The van der Waals surface area contributed by atoms with Gasteiger partial charge in [0.05, 0.1) is 12.5 Å². The molecule has 0 aromatic rings. The third-order valence-corrected chi connectivity index (χ3v) is 3.14. The number of carboxylic acid groups (broad SMARTS) is 1. The molecule has 3 amide bonds. The molecule has 1 atom stereocenters. The summed E-state index contributed by atoms with van der Waals surface area (Å²) < 4.78 is 0. The number of likely N-dealkylation sites (tertiary alicyclic amines) is 1. The van der Waals surface area contributed by atoms with Crippen LogP contribution in [0.2, 0.25) is 0 Å². The van der Waals surface area contributed by atoms with Crippen molar-refractivity contribution >= 4 is 17.9 Å². The molecule has 1 unspecified atom stereocenters. The smallest absolute Gasteiger partial charge is 0.315 e. The fourth-order valence-electron chi connectivity index (χ4n) is 1.82. The first-order chi connectivity index (χ1) is 9.00. The topological polar surface area (TPSA) is 98.7 Å². The van der Waals surface area contributed by atoms with E-state index in [9.17, 15) is 14.4 Å². The van der Waals surface area contributed by atoms with Crippen molar-refractivity contribution in [3.8, 4) is 0 Å². The SMILES string of the molecule is CC(CCNC(=O)NCC(=O)N1CCCC1)C(=O)O. The molecule has 1 saturated heterocycles. The van der Waals surface area contributed by atoms with E-state index >= 15 is 0 Å². The van der Waals surface area contributed by atoms with Gasteiger partial charge in [-0.25, -0.2) is 4.79 Å². The highest BCUT2D eigenvalue weighted by Crippen LogP contribution is 2.06. The van der Waals surface area contributed by atoms with Gasteiger partial charge in [0.25, 0.3) is 0 Å². The van der Waals surface area contributed by atoms with E-state index in [-0.39, 0.29) is 19.0 Å². The second kappa shape index (κ2) is 7.60. The molecule has 1 rings (SSSR count). The van der Waals surface area contributed by atoms with Gasteiger partial charge in [0.2, 0.25) is 5.91 Å². The molecule has 7 nitrogen and oxygen atoms in total. The zero-order valence-electron chi connectivity index (χ0n) is 11.1. The van der Waals surface area contributed by atoms with Crippen molar-refractivity contribution in [2.24, 2.45) is 5.92 Å². The molecular formula is C12H21N3O4. The molecule has 0 aromatic carbocycles. The Labute approximate surface area is 112 Å². The van der Waals surface area contributed by atoms with Crippen LogP contribution in [0.15, 0.2) is 0 Å². The summed E-state index contributed by atoms with van der Waals surface area (Å²) >= 11 is 0. The fraction of sp³-hybridized carbons (Fsp3) is 0.750. The molecule has 19 heavy (non-hydrogen) atoms. The summed E-state index contributed by atoms with van der Waals surface area (Å²) in [7, 11) is 0. The molecule has 7 heteroatoms. The number of carboxylic acids is 1. The highest BCUT2D eigenvalue weighted by molar-refractivity contribution is 5.84. The Morgan fingerprint density at radius 2 is 1.84 bits per heavy atom. The van der Waals surface area contributed by atoms with Gasteiger partial charge in [0, 0.05) is 19.6 Å². The van der Waals surface area contributed by atoms with Crippen LogP contribution in [0.1, 0.15) is 26.2 Å². The van der Waals surface area contributed by atoms with Crippen LogP contribution in [0.3, 0.4) is 0 Å². The summed E-state index contributed by atoms with van der Waals surface area (Å²) in [5, 5.41) is 13.7. The minimum atomic E-state index is -0.883. The number of urea groups is 1. The average Bonchev–Trinajstić information content (AvgIpc) is 2.89. The predicted octanol–water partition coefficient (Wildman–Crippen LogP) is 0.0188. The number of rotatable bonds is 6. The van der Waals surface area contributed by atoms with Crippen LogP contribution in [0.25, 0.3) is 0 Å². The second-order valence-electron chi connectivity index (χ2n) is 4.73. The summed E-state index contributed by atoms with van der Waals surface area (Å²) in [6, 6.07) is -0.440. The summed E-state index contributed by atoms with van der Waals surface area (Å²) in [5.41, 5.74) is 0. The van der Waals surface area contributed by atoms with Gasteiger partial charge in [0.15, 0.2) is 0 Å². The maximum Gasteiger partial charge on any atom is 0.315 e. The summed E-state index contributed by atoms with van der Waals surface area (Å²) in [6.45, 7) is 3.37. The van der Waals surface area contributed by atoms with Crippen molar-refractivity contribution in [1.29, 1.82) is 0 Å². The third-order valence-electron chi connectivity index (χ3n) is 3.14. The lowest BCUT2D eigenvalue weighted by Crippen LogP contribution is -2.43. The first kappa shape index (κ1) is 15.3.